The van der Waals surface area contributed by atoms with Crippen LogP contribution in [-0.2, 0) is 14.9 Å². The molecule has 0 aliphatic heterocycles. The smallest absolute Gasteiger partial charge is 0.748 e. The van der Waals surface area contributed by atoms with Gasteiger partial charge in [-0.2, -0.15) is 0 Å². The van der Waals surface area contributed by atoms with Crippen LogP contribution in [0.25, 0.3) is 6.08 Å². The first-order valence-electron chi connectivity index (χ1n) is 7.95. The summed E-state index contributed by atoms with van der Waals surface area (Å²) in [5.74, 6) is -0.0824. The van der Waals surface area contributed by atoms with Crippen molar-refractivity contribution in [1.82, 2.24) is 0 Å². The molecular weight excluding hydrogens is 351 g/mol. The van der Waals surface area contributed by atoms with Gasteiger partial charge in [0.25, 0.3) is 0 Å². The van der Waals surface area contributed by atoms with Crippen molar-refractivity contribution in [3.8, 4) is 5.75 Å². The average Bonchev–Trinajstić information content (AvgIpc) is 2.81. The molecule has 2 fully saturated rings. The van der Waals surface area contributed by atoms with E-state index in [0.29, 0.717) is 12.0 Å². The molecule has 0 N–H and O–H groups in total. The van der Waals surface area contributed by atoms with Crippen LogP contribution >= 0.6 is 0 Å². The summed E-state index contributed by atoms with van der Waals surface area (Å²) in [4.78, 5) is 13.0. The van der Waals surface area contributed by atoms with Crippen LogP contribution in [-0.4, -0.2) is 31.6 Å². The second kappa shape index (κ2) is 6.82. The van der Waals surface area contributed by atoms with Crippen LogP contribution < -0.4 is 34.3 Å². The molecule has 1 unspecified atom stereocenters. The summed E-state index contributed by atoms with van der Waals surface area (Å²) in [5.41, 5.74) is -0.112. The molecule has 0 saturated heterocycles. The van der Waals surface area contributed by atoms with Crippen LogP contribution in [0, 0.1) is 16.7 Å². The molecular formula is C18H21NaO5S. The van der Waals surface area contributed by atoms with Crippen LogP contribution in [0.4, 0.5) is 0 Å². The number of rotatable bonds is 4. The number of Topliss-reactive ketones (excluding diaryl/α,β-unsaturated/α-hetero) is 1. The zero-order chi connectivity index (χ0) is 17.8. The molecule has 2 aliphatic rings. The first-order chi connectivity index (χ1) is 11.1. The molecule has 1 aromatic rings. The van der Waals surface area contributed by atoms with Crippen molar-refractivity contribution < 1.29 is 52.1 Å². The van der Waals surface area contributed by atoms with Gasteiger partial charge in [0.2, 0.25) is 0 Å². The number of carbonyl (C=O) groups excluding carboxylic acids is 1. The first-order valence-corrected chi connectivity index (χ1v) is 9.52. The third-order valence-electron chi connectivity index (χ3n) is 5.90. The number of allylic oxidation sites excluding steroid dienone is 1. The van der Waals surface area contributed by atoms with Gasteiger partial charge in [0.1, 0.15) is 5.75 Å². The second-order valence-corrected chi connectivity index (χ2v) is 8.70. The summed E-state index contributed by atoms with van der Waals surface area (Å²) in [6.45, 7) is 3.81. The number of fused-ring (bicyclic) bond motifs is 2. The van der Waals surface area contributed by atoms with E-state index in [1.165, 1.54) is 0 Å². The molecule has 2 bridgehead atoms. The second-order valence-electron chi connectivity index (χ2n) is 7.30. The van der Waals surface area contributed by atoms with Gasteiger partial charge in [0.15, 0.2) is 5.78 Å². The molecule has 5 nitrogen and oxygen atoms in total. The van der Waals surface area contributed by atoms with Gasteiger partial charge in [-0.1, -0.05) is 26.0 Å². The first kappa shape index (κ1) is 20.6. The summed E-state index contributed by atoms with van der Waals surface area (Å²) >= 11 is 0. The van der Waals surface area contributed by atoms with Crippen molar-refractivity contribution in [1.29, 1.82) is 0 Å². The van der Waals surface area contributed by atoms with E-state index in [2.05, 4.69) is 0 Å². The van der Waals surface area contributed by atoms with Crippen molar-refractivity contribution in [3.05, 3.63) is 35.4 Å². The van der Waals surface area contributed by atoms with Crippen LogP contribution in [0.2, 0.25) is 0 Å². The molecule has 1 aromatic carbocycles. The van der Waals surface area contributed by atoms with Gasteiger partial charge in [0.05, 0.1) is 28.4 Å². The third-order valence-corrected chi connectivity index (χ3v) is 6.74. The van der Waals surface area contributed by atoms with Crippen LogP contribution in [0.5, 0.6) is 5.75 Å². The number of benzene rings is 1. The Morgan fingerprint density at radius 2 is 1.88 bits per heavy atom. The molecule has 2 atom stereocenters. The van der Waals surface area contributed by atoms with Crippen molar-refractivity contribution in [2.45, 2.75) is 26.7 Å². The third kappa shape index (κ3) is 3.35. The molecule has 130 valence electrons. The van der Waals surface area contributed by atoms with E-state index in [1.54, 1.807) is 7.11 Å². The fraction of sp³-hybridized carbons (Fsp3) is 0.500. The number of carbonyl (C=O) groups is 1. The Morgan fingerprint density at radius 3 is 2.40 bits per heavy atom. The molecule has 25 heavy (non-hydrogen) atoms. The van der Waals surface area contributed by atoms with E-state index in [-0.39, 0.29) is 41.3 Å². The van der Waals surface area contributed by atoms with E-state index >= 15 is 0 Å². The molecule has 2 aliphatic carbocycles. The van der Waals surface area contributed by atoms with E-state index in [4.69, 9.17) is 4.74 Å². The maximum absolute atomic E-state index is 13.0. The molecule has 3 rings (SSSR count). The normalized spacial score (nSPS) is 28.9. The van der Waals surface area contributed by atoms with Crippen molar-refractivity contribution in [3.63, 3.8) is 0 Å². The molecule has 0 amide bonds. The summed E-state index contributed by atoms with van der Waals surface area (Å²) in [6, 6.07) is 7.34. The zero-order valence-electron chi connectivity index (χ0n) is 15.0. The minimum absolute atomic E-state index is 0. The van der Waals surface area contributed by atoms with E-state index < -0.39 is 26.7 Å². The van der Waals surface area contributed by atoms with Crippen molar-refractivity contribution in [2.75, 3.05) is 12.9 Å². The van der Waals surface area contributed by atoms with Gasteiger partial charge >= 0.3 is 29.6 Å². The SMILES string of the molecule is COc1ccc(/C=C2/C(=O)[C@@]3(CS(=O)(=O)[O-])CCC2C3(C)C)cc1.[Na+]. The molecule has 0 radical (unpaired) electrons. The molecule has 7 heteroatoms. The Balaban J connectivity index is 0.00000225. The predicted octanol–water partition coefficient (Wildman–Crippen LogP) is -0.367. The Labute approximate surface area is 170 Å². The van der Waals surface area contributed by atoms with Crippen molar-refractivity contribution >= 4 is 22.0 Å². The number of ketones is 1. The number of ether oxygens (including phenoxy) is 1. The summed E-state index contributed by atoms with van der Waals surface area (Å²) in [6.07, 6.45) is 3.02. The van der Waals surface area contributed by atoms with Gasteiger partial charge in [-0.15, -0.1) is 0 Å². The van der Waals surface area contributed by atoms with Gasteiger partial charge in [-0.05, 0) is 47.9 Å². The summed E-state index contributed by atoms with van der Waals surface area (Å²) < 4.78 is 39.3. The van der Waals surface area contributed by atoms with Gasteiger partial charge in [0, 0.05) is 5.57 Å². The van der Waals surface area contributed by atoms with Crippen LogP contribution in [0.1, 0.15) is 32.3 Å². The number of hydrogen-bond donors (Lipinski definition) is 0. The summed E-state index contributed by atoms with van der Waals surface area (Å²) in [5, 5.41) is 0. The Kier molecular flexibility index (Phi) is 5.63. The van der Waals surface area contributed by atoms with Crippen molar-refractivity contribution in [2.24, 2.45) is 16.7 Å². The monoisotopic (exact) mass is 372 g/mol. The van der Waals surface area contributed by atoms with Gasteiger partial charge in [-0.3, -0.25) is 4.79 Å². The standard InChI is InChI=1S/C18H22O5S.Na/c1-17(2)15-8-9-18(17,11-24(20,21)22)16(19)14(15)10-12-4-6-13(23-3)7-5-12;/h4-7,10,15H,8-9,11H2,1-3H3,(H,20,21,22);/q;+1/p-1/b14-10+;/t15?,18-;/m0./s1. The Hall–Kier alpha value is -0.660. The van der Waals surface area contributed by atoms with E-state index in [0.717, 1.165) is 17.7 Å². The fourth-order valence-electron chi connectivity index (χ4n) is 4.46. The Morgan fingerprint density at radius 1 is 1.28 bits per heavy atom. The van der Waals surface area contributed by atoms with Crippen LogP contribution in [0.3, 0.4) is 0 Å². The zero-order valence-corrected chi connectivity index (χ0v) is 17.9. The quantitative estimate of drug-likeness (QED) is 0.409. The maximum atomic E-state index is 13.0. The van der Waals surface area contributed by atoms with Gasteiger partial charge < -0.3 is 9.29 Å². The average molecular weight is 372 g/mol. The summed E-state index contributed by atoms with van der Waals surface area (Å²) in [7, 11) is -2.89. The largest absolute Gasteiger partial charge is 1.00 e. The molecule has 0 heterocycles. The molecule has 0 aromatic heterocycles. The minimum Gasteiger partial charge on any atom is -0.748 e. The van der Waals surface area contributed by atoms with E-state index in [1.807, 2.05) is 44.2 Å². The fourth-order valence-corrected chi connectivity index (χ4v) is 5.71. The topological polar surface area (TPSA) is 83.5 Å². The Bertz CT molecular complexity index is 810. The maximum Gasteiger partial charge on any atom is 1.00 e. The van der Waals surface area contributed by atoms with E-state index in [9.17, 15) is 17.8 Å². The number of hydrogen-bond acceptors (Lipinski definition) is 5. The molecule has 2 saturated carbocycles. The molecule has 0 spiro atoms. The predicted molar refractivity (Wildman–Crippen MR) is 89.5 cm³/mol. The van der Waals surface area contributed by atoms with Crippen LogP contribution in [0.15, 0.2) is 29.8 Å². The number of methoxy groups -OCH3 is 1. The van der Waals surface area contributed by atoms with Gasteiger partial charge in [-0.25, -0.2) is 8.42 Å². The minimum atomic E-state index is -4.48.